The first-order chi connectivity index (χ1) is 14.1. The summed E-state index contributed by atoms with van der Waals surface area (Å²) in [6.07, 6.45) is 0.819. The predicted octanol–water partition coefficient (Wildman–Crippen LogP) is 3.54. The number of ether oxygens (including phenoxy) is 1. The van der Waals surface area contributed by atoms with Crippen molar-refractivity contribution in [3.63, 3.8) is 0 Å². The van der Waals surface area contributed by atoms with Gasteiger partial charge in [-0.15, -0.1) is 0 Å². The quantitative estimate of drug-likeness (QED) is 0.743. The monoisotopic (exact) mass is 387 g/mol. The Bertz CT molecular complexity index is 1050. The number of rotatable bonds is 4. The Morgan fingerprint density at radius 2 is 1.66 bits per heavy atom. The summed E-state index contributed by atoms with van der Waals surface area (Å²) >= 11 is 0. The number of fused-ring (bicyclic) bond motifs is 1. The van der Waals surface area contributed by atoms with E-state index < -0.39 is 0 Å². The molecule has 0 bridgehead atoms. The average molecular weight is 387 g/mol. The molecule has 6 heteroatoms. The molecule has 0 saturated carbocycles. The maximum absolute atomic E-state index is 12.9. The van der Waals surface area contributed by atoms with E-state index in [1.54, 1.807) is 54.5 Å². The third kappa shape index (κ3) is 4.11. The van der Waals surface area contributed by atoms with E-state index in [2.05, 4.69) is 16.4 Å². The third-order valence-electron chi connectivity index (χ3n) is 4.97. The highest BCUT2D eigenvalue weighted by atomic mass is 16.5. The highest BCUT2D eigenvalue weighted by molar-refractivity contribution is 6.03. The number of hydrogen-bond acceptors (Lipinski definition) is 4. The number of nitrogens with zero attached hydrogens (tertiary/aromatic N) is 2. The summed E-state index contributed by atoms with van der Waals surface area (Å²) in [5.41, 5.74) is 3.52. The maximum Gasteiger partial charge on any atom is 0.274 e. The van der Waals surface area contributed by atoms with Crippen LogP contribution in [0.3, 0.4) is 0 Å². The second kappa shape index (κ2) is 8.14. The highest BCUT2D eigenvalue weighted by Gasteiger charge is 2.23. The Morgan fingerprint density at radius 3 is 2.41 bits per heavy atom. The SMILES string of the molecule is COc1ccc(NC(=O)c2cccc(C(=O)N3CCc4ccccc4C3)n2)cc1. The minimum absolute atomic E-state index is 0.168. The van der Waals surface area contributed by atoms with Gasteiger partial charge in [-0.25, -0.2) is 4.98 Å². The van der Waals surface area contributed by atoms with Gasteiger partial charge in [-0.05, 0) is 53.9 Å². The number of anilines is 1. The summed E-state index contributed by atoms with van der Waals surface area (Å²) in [5.74, 6) is 0.171. The van der Waals surface area contributed by atoms with Crippen molar-refractivity contribution in [1.82, 2.24) is 9.88 Å². The molecule has 0 fully saturated rings. The molecule has 2 amide bonds. The van der Waals surface area contributed by atoms with Gasteiger partial charge in [0.2, 0.25) is 0 Å². The summed E-state index contributed by atoms with van der Waals surface area (Å²) in [7, 11) is 1.58. The van der Waals surface area contributed by atoms with Crippen molar-refractivity contribution in [3.05, 3.63) is 89.2 Å². The fourth-order valence-corrected chi connectivity index (χ4v) is 3.38. The molecule has 1 aromatic heterocycles. The molecule has 29 heavy (non-hydrogen) atoms. The van der Waals surface area contributed by atoms with Crippen LogP contribution in [0.4, 0.5) is 5.69 Å². The van der Waals surface area contributed by atoms with Gasteiger partial charge in [-0.1, -0.05) is 30.3 Å². The van der Waals surface area contributed by atoms with Crippen molar-refractivity contribution in [2.75, 3.05) is 19.0 Å². The molecule has 2 aromatic carbocycles. The fraction of sp³-hybridized carbons (Fsp3) is 0.174. The zero-order valence-electron chi connectivity index (χ0n) is 16.1. The van der Waals surface area contributed by atoms with Crippen molar-refractivity contribution in [2.24, 2.45) is 0 Å². The molecule has 0 aliphatic carbocycles. The van der Waals surface area contributed by atoms with E-state index in [1.165, 1.54) is 5.56 Å². The van der Waals surface area contributed by atoms with Crippen molar-refractivity contribution in [3.8, 4) is 5.75 Å². The van der Waals surface area contributed by atoms with Crippen molar-refractivity contribution in [1.29, 1.82) is 0 Å². The van der Waals surface area contributed by atoms with E-state index in [4.69, 9.17) is 4.74 Å². The third-order valence-corrected chi connectivity index (χ3v) is 4.97. The van der Waals surface area contributed by atoms with E-state index in [-0.39, 0.29) is 23.2 Å². The minimum Gasteiger partial charge on any atom is -0.497 e. The van der Waals surface area contributed by atoms with Crippen LogP contribution >= 0.6 is 0 Å². The molecule has 1 aliphatic rings. The van der Waals surface area contributed by atoms with Crippen LogP contribution in [0.15, 0.2) is 66.7 Å². The molecule has 0 atom stereocenters. The second-order valence-electron chi connectivity index (χ2n) is 6.84. The molecule has 146 valence electrons. The number of nitrogens with one attached hydrogen (secondary N) is 1. The number of carbonyl (C=O) groups excluding carboxylic acids is 2. The predicted molar refractivity (Wildman–Crippen MR) is 110 cm³/mol. The van der Waals surface area contributed by atoms with Gasteiger partial charge >= 0.3 is 0 Å². The summed E-state index contributed by atoms with van der Waals surface area (Å²) < 4.78 is 5.11. The van der Waals surface area contributed by atoms with Crippen LogP contribution in [0.5, 0.6) is 5.75 Å². The lowest BCUT2D eigenvalue weighted by atomic mass is 10.00. The lowest BCUT2D eigenvalue weighted by molar-refractivity contribution is 0.0728. The van der Waals surface area contributed by atoms with Gasteiger partial charge in [-0.2, -0.15) is 0 Å². The lowest BCUT2D eigenvalue weighted by Gasteiger charge is -2.28. The van der Waals surface area contributed by atoms with Crippen LogP contribution in [0.25, 0.3) is 0 Å². The van der Waals surface area contributed by atoms with Gasteiger partial charge in [-0.3, -0.25) is 9.59 Å². The van der Waals surface area contributed by atoms with Gasteiger partial charge in [0.05, 0.1) is 7.11 Å². The Hall–Kier alpha value is -3.67. The lowest BCUT2D eigenvalue weighted by Crippen LogP contribution is -2.36. The fourth-order valence-electron chi connectivity index (χ4n) is 3.38. The van der Waals surface area contributed by atoms with Crippen LogP contribution in [0, 0.1) is 0 Å². The van der Waals surface area contributed by atoms with Gasteiger partial charge < -0.3 is 15.0 Å². The first-order valence-electron chi connectivity index (χ1n) is 9.42. The second-order valence-corrected chi connectivity index (χ2v) is 6.84. The van der Waals surface area contributed by atoms with E-state index in [9.17, 15) is 9.59 Å². The molecule has 0 spiro atoms. The van der Waals surface area contributed by atoms with Gasteiger partial charge in [0, 0.05) is 18.8 Å². The normalized spacial score (nSPS) is 12.8. The van der Waals surface area contributed by atoms with Gasteiger partial charge in [0.15, 0.2) is 0 Å². The molecular formula is C23H21N3O3. The highest BCUT2D eigenvalue weighted by Crippen LogP contribution is 2.20. The van der Waals surface area contributed by atoms with Gasteiger partial charge in [0.25, 0.3) is 11.8 Å². The van der Waals surface area contributed by atoms with E-state index in [1.807, 2.05) is 18.2 Å². The largest absolute Gasteiger partial charge is 0.497 e. The van der Waals surface area contributed by atoms with Crippen LogP contribution < -0.4 is 10.1 Å². The zero-order valence-corrected chi connectivity index (χ0v) is 16.1. The number of carbonyl (C=O) groups is 2. The number of methoxy groups -OCH3 is 1. The number of aromatic nitrogens is 1. The summed E-state index contributed by atoms with van der Waals surface area (Å²) in [5, 5.41) is 2.79. The van der Waals surface area contributed by atoms with Crippen LogP contribution in [-0.2, 0) is 13.0 Å². The molecule has 4 rings (SSSR count). The van der Waals surface area contributed by atoms with E-state index in [0.717, 1.165) is 12.0 Å². The summed E-state index contributed by atoms with van der Waals surface area (Å²) in [6, 6.07) is 20.1. The molecule has 1 aliphatic heterocycles. The molecular weight excluding hydrogens is 366 g/mol. The standard InChI is InChI=1S/C23H21N3O3/c1-29-19-11-9-18(10-12-19)24-22(27)20-7-4-8-21(25-20)23(28)26-14-13-16-5-2-3-6-17(16)15-26/h2-12H,13-15H2,1H3,(H,24,27). The number of hydrogen-bond donors (Lipinski definition) is 1. The Balaban J connectivity index is 1.48. The molecule has 0 saturated heterocycles. The summed E-state index contributed by atoms with van der Waals surface area (Å²) in [6.45, 7) is 1.19. The number of pyridine rings is 1. The molecule has 0 radical (unpaired) electrons. The molecule has 0 unspecified atom stereocenters. The van der Waals surface area contributed by atoms with Crippen molar-refractivity contribution in [2.45, 2.75) is 13.0 Å². The van der Waals surface area contributed by atoms with Crippen LogP contribution in [-0.4, -0.2) is 35.4 Å². The van der Waals surface area contributed by atoms with E-state index in [0.29, 0.717) is 24.5 Å². The van der Waals surface area contributed by atoms with Crippen molar-refractivity contribution < 1.29 is 14.3 Å². The first kappa shape index (κ1) is 18.7. The zero-order chi connectivity index (χ0) is 20.2. The Kier molecular flexibility index (Phi) is 5.24. The smallest absolute Gasteiger partial charge is 0.274 e. The molecule has 3 aromatic rings. The van der Waals surface area contributed by atoms with Crippen LogP contribution in [0.2, 0.25) is 0 Å². The maximum atomic E-state index is 12.9. The number of benzene rings is 2. The van der Waals surface area contributed by atoms with Crippen LogP contribution in [0.1, 0.15) is 32.1 Å². The summed E-state index contributed by atoms with van der Waals surface area (Å²) in [4.78, 5) is 31.6. The average Bonchev–Trinajstić information content (AvgIpc) is 2.79. The van der Waals surface area contributed by atoms with Crippen molar-refractivity contribution >= 4 is 17.5 Å². The Labute approximate surface area is 169 Å². The molecule has 6 nitrogen and oxygen atoms in total. The van der Waals surface area contributed by atoms with Gasteiger partial charge in [0.1, 0.15) is 17.1 Å². The minimum atomic E-state index is -0.367. The van der Waals surface area contributed by atoms with E-state index >= 15 is 0 Å². The first-order valence-corrected chi connectivity index (χ1v) is 9.42. The molecule has 1 N–H and O–H groups in total. The Morgan fingerprint density at radius 1 is 0.931 bits per heavy atom. The molecule has 2 heterocycles. The topological polar surface area (TPSA) is 71.5 Å². The number of amides is 2.